The molecule has 0 heterocycles. The van der Waals surface area contributed by atoms with Crippen molar-refractivity contribution in [1.82, 2.24) is 0 Å². The van der Waals surface area contributed by atoms with Crippen LogP contribution in [0.5, 0.6) is 0 Å². The maximum atomic E-state index is 11.4. The van der Waals surface area contributed by atoms with Crippen LogP contribution in [0.4, 0.5) is 0 Å². The summed E-state index contributed by atoms with van der Waals surface area (Å²) >= 11 is 0. The summed E-state index contributed by atoms with van der Waals surface area (Å²) in [7, 11) is 0. The predicted molar refractivity (Wildman–Crippen MR) is 74.5 cm³/mol. The lowest BCUT2D eigenvalue weighted by Crippen LogP contribution is -2.34. The lowest BCUT2D eigenvalue weighted by molar-refractivity contribution is -0.145. The van der Waals surface area contributed by atoms with Crippen LogP contribution < -0.4 is 5.73 Å². The van der Waals surface area contributed by atoms with Crippen molar-refractivity contribution in [3.63, 3.8) is 0 Å². The van der Waals surface area contributed by atoms with Gasteiger partial charge in [-0.1, -0.05) is 37.3 Å². The molecule has 106 valence electrons. The third-order valence-electron chi connectivity index (χ3n) is 2.76. The van der Waals surface area contributed by atoms with Crippen LogP contribution in [-0.2, 0) is 20.9 Å². The molecule has 0 fully saturated rings. The Balaban J connectivity index is 2.20. The number of carbonyl (C=O) groups is 1. The van der Waals surface area contributed by atoms with Gasteiger partial charge in [0.1, 0.15) is 6.04 Å². The molecule has 1 aromatic carbocycles. The Morgan fingerprint density at radius 3 is 2.63 bits per heavy atom. The van der Waals surface area contributed by atoms with E-state index < -0.39 is 6.04 Å². The van der Waals surface area contributed by atoms with Gasteiger partial charge >= 0.3 is 5.97 Å². The summed E-state index contributed by atoms with van der Waals surface area (Å²) in [6, 6.07) is 9.43. The summed E-state index contributed by atoms with van der Waals surface area (Å²) in [5.41, 5.74) is 6.90. The van der Waals surface area contributed by atoms with E-state index >= 15 is 0 Å². The summed E-state index contributed by atoms with van der Waals surface area (Å²) in [5.74, 6) is -0.111. The number of hydrogen-bond donors (Lipinski definition) is 1. The minimum atomic E-state index is -0.560. The lowest BCUT2D eigenvalue weighted by atomic mass is 10.0. The second-order valence-electron chi connectivity index (χ2n) is 4.70. The normalized spacial score (nSPS) is 13.8. The second kappa shape index (κ2) is 8.67. The minimum absolute atomic E-state index is 0.225. The molecular formula is C15H23NO3. The Morgan fingerprint density at radius 2 is 2.00 bits per heavy atom. The van der Waals surface area contributed by atoms with Crippen molar-refractivity contribution in [2.24, 2.45) is 11.7 Å². The van der Waals surface area contributed by atoms with Crippen LogP contribution in [0, 0.1) is 5.92 Å². The summed E-state index contributed by atoms with van der Waals surface area (Å²) in [5, 5.41) is 0. The second-order valence-corrected chi connectivity index (χ2v) is 4.70. The molecule has 4 nitrogen and oxygen atoms in total. The van der Waals surface area contributed by atoms with Crippen LogP contribution >= 0.6 is 0 Å². The molecule has 4 heteroatoms. The molecule has 2 N–H and O–H groups in total. The van der Waals surface area contributed by atoms with E-state index in [1.54, 1.807) is 6.92 Å². The molecule has 0 aliphatic carbocycles. The van der Waals surface area contributed by atoms with Gasteiger partial charge in [-0.3, -0.25) is 4.79 Å². The molecule has 1 rings (SSSR count). The van der Waals surface area contributed by atoms with Gasteiger partial charge in [0.25, 0.3) is 0 Å². The largest absolute Gasteiger partial charge is 0.465 e. The molecular weight excluding hydrogens is 242 g/mol. The van der Waals surface area contributed by atoms with E-state index in [4.69, 9.17) is 15.2 Å². The van der Waals surface area contributed by atoms with E-state index in [0.717, 1.165) is 5.56 Å². The monoisotopic (exact) mass is 265 g/mol. The third-order valence-corrected chi connectivity index (χ3v) is 2.76. The highest BCUT2D eigenvalue weighted by molar-refractivity contribution is 5.75. The van der Waals surface area contributed by atoms with Gasteiger partial charge in [-0.25, -0.2) is 0 Å². The molecule has 0 amide bonds. The molecule has 2 unspecified atom stereocenters. The molecule has 0 radical (unpaired) electrons. The Hall–Kier alpha value is -1.39. The highest BCUT2D eigenvalue weighted by Gasteiger charge is 2.17. The summed E-state index contributed by atoms with van der Waals surface area (Å²) < 4.78 is 10.5. The van der Waals surface area contributed by atoms with Crippen molar-refractivity contribution < 1.29 is 14.3 Å². The first-order valence-corrected chi connectivity index (χ1v) is 6.67. The Bertz CT molecular complexity index is 367. The Labute approximate surface area is 114 Å². The average molecular weight is 265 g/mol. The van der Waals surface area contributed by atoms with E-state index in [2.05, 4.69) is 0 Å². The van der Waals surface area contributed by atoms with Crippen molar-refractivity contribution in [1.29, 1.82) is 0 Å². The van der Waals surface area contributed by atoms with Gasteiger partial charge < -0.3 is 15.2 Å². The van der Waals surface area contributed by atoms with Gasteiger partial charge in [-0.2, -0.15) is 0 Å². The van der Waals surface area contributed by atoms with Crippen LogP contribution in [0.2, 0.25) is 0 Å². The van der Waals surface area contributed by atoms with Crippen molar-refractivity contribution in [2.75, 3.05) is 13.2 Å². The zero-order chi connectivity index (χ0) is 14.1. The van der Waals surface area contributed by atoms with Crippen LogP contribution in [0.15, 0.2) is 30.3 Å². The van der Waals surface area contributed by atoms with Crippen LogP contribution in [0.1, 0.15) is 25.8 Å². The summed E-state index contributed by atoms with van der Waals surface area (Å²) in [4.78, 5) is 11.4. The smallest absolute Gasteiger partial charge is 0.322 e. The van der Waals surface area contributed by atoms with E-state index in [1.165, 1.54) is 0 Å². The molecule has 0 saturated heterocycles. The lowest BCUT2D eigenvalue weighted by Gasteiger charge is -2.16. The van der Waals surface area contributed by atoms with Crippen molar-refractivity contribution in [3.05, 3.63) is 35.9 Å². The third kappa shape index (κ3) is 6.36. The first kappa shape index (κ1) is 15.7. The topological polar surface area (TPSA) is 61.5 Å². The number of nitrogens with two attached hydrogens (primary N) is 1. The standard InChI is InChI=1S/C15H23NO3/c1-3-19-15(17)14(16)9-12(2)10-18-11-13-7-5-4-6-8-13/h4-8,12,14H,3,9-11,16H2,1-2H3. The van der Waals surface area contributed by atoms with Crippen molar-refractivity contribution >= 4 is 5.97 Å². The van der Waals surface area contributed by atoms with Gasteiger partial charge in [0, 0.05) is 6.61 Å². The fourth-order valence-electron chi connectivity index (χ4n) is 1.80. The highest BCUT2D eigenvalue weighted by Crippen LogP contribution is 2.08. The first-order valence-electron chi connectivity index (χ1n) is 6.67. The fraction of sp³-hybridized carbons (Fsp3) is 0.533. The van der Waals surface area contributed by atoms with Crippen molar-refractivity contribution in [3.8, 4) is 0 Å². The first-order chi connectivity index (χ1) is 9.13. The summed E-state index contributed by atoms with van der Waals surface area (Å²) in [6.45, 7) is 5.33. The Kier molecular flexibility index (Phi) is 7.15. The van der Waals surface area contributed by atoms with E-state index in [0.29, 0.717) is 26.2 Å². The SMILES string of the molecule is CCOC(=O)C(N)CC(C)COCc1ccccc1. The van der Waals surface area contributed by atoms with E-state index in [-0.39, 0.29) is 11.9 Å². The maximum Gasteiger partial charge on any atom is 0.322 e. The quantitative estimate of drug-likeness (QED) is 0.731. The maximum absolute atomic E-state index is 11.4. The molecule has 0 saturated carbocycles. The molecule has 2 atom stereocenters. The van der Waals surface area contributed by atoms with Crippen LogP contribution in [0.3, 0.4) is 0 Å². The predicted octanol–water partition coefficient (Wildman–Crippen LogP) is 2.12. The molecule has 0 bridgehead atoms. The van der Waals surface area contributed by atoms with Gasteiger partial charge in [-0.15, -0.1) is 0 Å². The zero-order valence-corrected chi connectivity index (χ0v) is 11.7. The van der Waals surface area contributed by atoms with Gasteiger partial charge in [-0.05, 0) is 24.8 Å². The van der Waals surface area contributed by atoms with Crippen LogP contribution in [0.25, 0.3) is 0 Å². The Morgan fingerprint density at radius 1 is 1.32 bits per heavy atom. The number of ether oxygens (including phenoxy) is 2. The molecule has 0 aliphatic heterocycles. The molecule has 1 aromatic rings. The minimum Gasteiger partial charge on any atom is -0.465 e. The number of rotatable bonds is 8. The van der Waals surface area contributed by atoms with Crippen LogP contribution in [-0.4, -0.2) is 25.2 Å². The number of hydrogen-bond acceptors (Lipinski definition) is 4. The number of esters is 1. The van der Waals surface area contributed by atoms with E-state index in [1.807, 2.05) is 37.3 Å². The highest BCUT2D eigenvalue weighted by atomic mass is 16.5. The van der Waals surface area contributed by atoms with Gasteiger partial charge in [0.05, 0.1) is 13.2 Å². The number of benzene rings is 1. The molecule has 19 heavy (non-hydrogen) atoms. The zero-order valence-electron chi connectivity index (χ0n) is 11.7. The summed E-state index contributed by atoms with van der Waals surface area (Å²) in [6.07, 6.45) is 0.577. The van der Waals surface area contributed by atoms with E-state index in [9.17, 15) is 4.79 Å². The molecule has 0 aliphatic rings. The average Bonchev–Trinajstić information content (AvgIpc) is 2.40. The van der Waals surface area contributed by atoms with Gasteiger partial charge in [0.2, 0.25) is 0 Å². The number of carbonyl (C=O) groups excluding carboxylic acids is 1. The molecule has 0 aromatic heterocycles. The fourth-order valence-corrected chi connectivity index (χ4v) is 1.80. The molecule has 0 spiro atoms. The van der Waals surface area contributed by atoms with Gasteiger partial charge in [0.15, 0.2) is 0 Å². The van der Waals surface area contributed by atoms with Crippen molar-refractivity contribution in [2.45, 2.75) is 32.9 Å².